The van der Waals surface area contributed by atoms with Crippen LogP contribution in [0, 0.1) is 5.41 Å². The summed E-state index contributed by atoms with van der Waals surface area (Å²) < 4.78 is 8.96. The van der Waals surface area contributed by atoms with Crippen molar-refractivity contribution in [3.05, 3.63) is 80.0 Å². The molecule has 0 bridgehead atoms. The van der Waals surface area contributed by atoms with Gasteiger partial charge in [0.2, 0.25) is 5.88 Å². The van der Waals surface area contributed by atoms with Crippen LogP contribution in [-0.4, -0.2) is 38.1 Å². The van der Waals surface area contributed by atoms with Crippen molar-refractivity contribution in [3.63, 3.8) is 0 Å². The number of hydrogen-bond acceptors (Lipinski definition) is 8. The zero-order valence-electron chi connectivity index (χ0n) is 20.7. The lowest BCUT2D eigenvalue weighted by Crippen LogP contribution is -2.28. The number of thiophene rings is 1. The summed E-state index contributed by atoms with van der Waals surface area (Å²) in [4.78, 5) is 43.8. The zero-order chi connectivity index (χ0) is 26.7. The van der Waals surface area contributed by atoms with Crippen molar-refractivity contribution in [2.45, 2.75) is 38.1 Å². The lowest BCUT2D eigenvalue weighted by molar-refractivity contribution is 0.0736. The quantitative estimate of drug-likeness (QED) is 0.203. The number of nitrogens with zero attached hydrogens (tertiary/aromatic N) is 4. The fourth-order valence-corrected chi connectivity index (χ4v) is 5.66. The van der Waals surface area contributed by atoms with E-state index in [2.05, 4.69) is 10.1 Å². The van der Waals surface area contributed by atoms with Crippen molar-refractivity contribution >= 4 is 46.4 Å². The Balaban J connectivity index is 1.75. The number of methoxy groups -OCH3 is 1. The van der Waals surface area contributed by atoms with Gasteiger partial charge in [-0.05, 0) is 36.4 Å². The topological polar surface area (TPSA) is 96.1 Å². The Kier molecular flexibility index (Phi) is 8.01. The minimum atomic E-state index is -0.676. The molecule has 0 aliphatic carbocycles. The third kappa shape index (κ3) is 6.03. The summed E-state index contributed by atoms with van der Waals surface area (Å²) in [6.07, 6.45) is 3.04. The highest BCUT2D eigenvalue weighted by Crippen LogP contribution is 2.35. The van der Waals surface area contributed by atoms with E-state index in [0.29, 0.717) is 31.9 Å². The van der Waals surface area contributed by atoms with Crippen LogP contribution in [0.2, 0.25) is 4.34 Å². The highest BCUT2D eigenvalue weighted by Gasteiger charge is 2.28. The first kappa shape index (κ1) is 26.8. The smallest absolute Gasteiger partial charge is 0.253 e. The van der Waals surface area contributed by atoms with Crippen molar-refractivity contribution in [2.75, 3.05) is 7.11 Å². The van der Waals surface area contributed by atoms with Crippen LogP contribution in [0.1, 0.15) is 40.8 Å². The van der Waals surface area contributed by atoms with E-state index in [4.69, 9.17) is 16.3 Å². The molecule has 0 saturated carbocycles. The maximum absolute atomic E-state index is 13.3. The fourth-order valence-electron chi connectivity index (χ4n) is 3.53. The van der Waals surface area contributed by atoms with Crippen LogP contribution in [0.5, 0.6) is 5.88 Å². The number of thioether (sulfide) groups is 1. The number of carbonyl (C=O) groups excluding carboxylic acids is 2. The number of hydrogen-bond donors (Lipinski definition) is 0. The molecule has 0 unspecified atom stereocenters. The highest BCUT2D eigenvalue weighted by molar-refractivity contribution is 7.98. The van der Waals surface area contributed by atoms with Gasteiger partial charge in [-0.1, -0.05) is 32.4 Å². The summed E-state index contributed by atoms with van der Waals surface area (Å²) in [6.45, 7) is 5.27. The van der Waals surface area contributed by atoms with Crippen LogP contribution in [0.4, 0.5) is 0 Å². The van der Waals surface area contributed by atoms with Crippen molar-refractivity contribution in [1.29, 1.82) is 0 Å². The second-order valence-electron chi connectivity index (χ2n) is 9.17. The molecule has 37 heavy (non-hydrogen) atoms. The van der Waals surface area contributed by atoms with Gasteiger partial charge in [0, 0.05) is 40.1 Å². The van der Waals surface area contributed by atoms with E-state index in [1.165, 1.54) is 57.9 Å². The third-order valence-corrected chi connectivity index (χ3v) is 7.87. The first-order chi connectivity index (χ1) is 17.6. The molecule has 4 heterocycles. The fraction of sp³-hybridized carbons (Fsp3) is 0.269. The molecule has 0 spiro atoms. The van der Waals surface area contributed by atoms with E-state index < -0.39 is 11.0 Å². The number of pyridine rings is 2. The van der Waals surface area contributed by atoms with Crippen LogP contribution < -0.4 is 10.3 Å². The molecule has 0 N–H and O–H groups in total. The molecular weight excluding hydrogens is 532 g/mol. The van der Waals surface area contributed by atoms with Crippen LogP contribution in [0.15, 0.2) is 64.7 Å². The second kappa shape index (κ2) is 11.0. The molecule has 0 aliphatic heterocycles. The zero-order valence-corrected chi connectivity index (χ0v) is 23.1. The normalized spacial score (nSPS) is 11.5. The van der Waals surface area contributed by atoms with Gasteiger partial charge in [-0.3, -0.25) is 23.9 Å². The molecular formula is C26H25ClN4O4S2. The molecule has 192 valence electrons. The summed E-state index contributed by atoms with van der Waals surface area (Å²) in [6, 6.07) is 11.7. The molecule has 0 atom stereocenters. The number of Topliss-reactive ketones (excluding diaryl/α,β-unsaturated/α-hetero) is 1. The molecule has 4 rings (SSSR count). The highest BCUT2D eigenvalue weighted by atomic mass is 35.5. The van der Waals surface area contributed by atoms with E-state index in [-0.39, 0.29) is 24.1 Å². The number of ether oxygens (including phenoxy) is 1. The molecule has 0 amide bonds. The average Bonchev–Trinajstić information content (AvgIpc) is 3.49. The van der Waals surface area contributed by atoms with Gasteiger partial charge in [0.15, 0.2) is 5.78 Å². The Labute approximate surface area is 227 Å². The third-order valence-electron chi connectivity index (χ3n) is 5.41. The van der Waals surface area contributed by atoms with Crippen LogP contribution in [0.3, 0.4) is 0 Å². The number of aromatic nitrogens is 4. The van der Waals surface area contributed by atoms with Crippen LogP contribution in [0.25, 0.3) is 11.3 Å². The summed E-state index contributed by atoms with van der Waals surface area (Å²) in [5.74, 6) is 0.353. The van der Waals surface area contributed by atoms with E-state index in [0.717, 1.165) is 4.88 Å². The van der Waals surface area contributed by atoms with E-state index in [1.54, 1.807) is 24.3 Å². The Bertz CT molecular complexity index is 1500. The second-order valence-corrected chi connectivity index (χ2v) is 12.0. The Hall–Kier alpha value is -3.21. The Morgan fingerprint density at radius 1 is 1.11 bits per heavy atom. The number of ketones is 1. The van der Waals surface area contributed by atoms with Crippen molar-refractivity contribution < 1.29 is 14.3 Å². The summed E-state index contributed by atoms with van der Waals surface area (Å²) >= 11 is 9.02. The Morgan fingerprint density at radius 3 is 2.46 bits per heavy atom. The first-order valence-corrected chi connectivity index (χ1v) is 13.5. The molecule has 0 aliphatic rings. The van der Waals surface area contributed by atoms with Gasteiger partial charge in [-0.15, -0.1) is 23.1 Å². The van der Waals surface area contributed by atoms with Crippen molar-refractivity contribution in [3.8, 4) is 17.1 Å². The van der Waals surface area contributed by atoms with Gasteiger partial charge < -0.3 is 4.74 Å². The molecule has 11 heteroatoms. The standard InChI is InChI=1S/C26H25ClN4O4S2/c1-26(2,3)25(34)31-23(36-15-17-5-7-21(27)37-17)13-19(29-31)18-6-8-22(33)30(24(18)35-4)14-20(32)16-9-11-28-12-10-16/h5-13H,14-15H2,1-4H3. The van der Waals surface area contributed by atoms with E-state index in [9.17, 15) is 14.4 Å². The summed E-state index contributed by atoms with van der Waals surface area (Å²) in [5.41, 5.74) is 0.307. The maximum Gasteiger partial charge on any atom is 0.253 e. The van der Waals surface area contributed by atoms with Gasteiger partial charge in [0.25, 0.3) is 11.5 Å². The van der Waals surface area contributed by atoms with E-state index in [1.807, 2.05) is 32.9 Å². The summed E-state index contributed by atoms with van der Waals surface area (Å²) in [5, 5.41) is 5.26. The lowest BCUT2D eigenvalue weighted by Gasteiger charge is -2.17. The lowest BCUT2D eigenvalue weighted by atomic mass is 9.96. The monoisotopic (exact) mass is 556 g/mol. The Morgan fingerprint density at radius 2 is 1.84 bits per heavy atom. The molecule has 4 aromatic heterocycles. The van der Waals surface area contributed by atoms with Gasteiger partial charge in [0.1, 0.15) is 5.03 Å². The maximum atomic E-state index is 13.3. The SMILES string of the molecule is COc1c(-c2cc(SCc3ccc(Cl)s3)n(C(=O)C(C)(C)C)n2)ccc(=O)n1CC(=O)c1ccncc1. The van der Waals surface area contributed by atoms with E-state index >= 15 is 0 Å². The molecule has 0 saturated heterocycles. The minimum Gasteiger partial charge on any atom is -0.482 e. The van der Waals surface area contributed by atoms with Crippen LogP contribution >= 0.6 is 34.7 Å². The van der Waals surface area contributed by atoms with Gasteiger partial charge in [-0.2, -0.15) is 9.78 Å². The molecule has 0 fully saturated rings. The van der Waals surface area contributed by atoms with Gasteiger partial charge in [0.05, 0.1) is 29.2 Å². The van der Waals surface area contributed by atoms with Gasteiger partial charge >= 0.3 is 0 Å². The number of rotatable bonds is 8. The molecule has 0 aromatic carbocycles. The predicted octanol–water partition coefficient (Wildman–Crippen LogP) is 5.69. The van der Waals surface area contributed by atoms with Crippen molar-refractivity contribution in [1.82, 2.24) is 19.3 Å². The average molecular weight is 557 g/mol. The predicted molar refractivity (Wildman–Crippen MR) is 146 cm³/mol. The molecule has 4 aromatic rings. The van der Waals surface area contributed by atoms with Gasteiger partial charge in [-0.25, -0.2) is 0 Å². The molecule has 0 radical (unpaired) electrons. The van der Waals surface area contributed by atoms with Crippen molar-refractivity contribution in [2.24, 2.45) is 5.41 Å². The minimum absolute atomic E-state index is 0.175. The largest absolute Gasteiger partial charge is 0.482 e. The first-order valence-electron chi connectivity index (χ1n) is 11.3. The summed E-state index contributed by atoms with van der Waals surface area (Å²) in [7, 11) is 1.43. The van der Waals surface area contributed by atoms with Crippen LogP contribution in [-0.2, 0) is 12.3 Å². The number of carbonyl (C=O) groups is 2. The number of halogens is 1. The molecule has 8 nitrogen and oxygen atoms in total.